The van der Waals surface area contributed by atoms with Gasteiger partial charge in [0.1, 0.15) is 0 Å². The van der Waals surface area contributed by atoms with Crippen LogP contribution in [0.2, 0.25) is 0 Å². The van der Waals surface area contributed by atoms with Gasteiger partial charge in [0.15, 0.2) is 5.65 Å². The molecule has 1 aliphatic heterocycles. The van der Waals surface area contributed by atoms with Crippen LogP contribution in [0.25, 0.3) is 11.0 Å². The Kier molecular flexibility index (Phi) is 6.40. The van der Waals surface area contributed by atoms with Gasteiger partial charge in [0.25, 0.3) is 5.91 Å². The smallest absolute Gasteiger partial charge is 0.300 e. The Balaban J connectivity index is 1.71. The molecule has 0 aliphatic carbocycles. The number of hydrogen-bond acceptors (Lipinski definition) is 6. The van der Waals surface area contributed by atoms with Crippen LogP contribution in [0, 0.1) is 0 Å². The maximum Gasteiger partial charge on any atom is 0.300 e. The van der Waals surface area contributed by atoms with Crippen LogP contribution in [0.15, 0.2) is 36.7 Å². The van der Waals surface area contributed by atoms with Crippen molar-refractivity contribution in [3.63, 3.8) is 0 Å². The Morgan fingerprint density at radius 3 is 2.66 bits per heavy atom. The van der Waals surface area contributed by atoms with Crippen LogP contribution >= 0.6 is 0 Å². The van der Waals surface area contributed by atoms with Crippen molar-refractivity contribution in [1.29, 1.82) is 0 Å². The molecule has 2 N–H and O–H groups in total. The van der Waals surface area contributed by atoms with Gasteiger partial charge in [-0.1, -0.05) is 12.1 Å². The molecule has 1 fully saturated rings. The van der Waals surface area contributed by atoms with Gasteiger partial charge in [0, 0.05) is 37.6 Å². The minimum absolute atomic E-state index is 0.0177. The zero-order chi connectivity index (χ0) is 22.7. The van der Waals surface area contributed by atoms with E-state index in [0.717, 1.165) is 12.8 Å². The number of hydrogen-bond donors (Lipinski definition) is 2. The van der Waals surface area contributed by atoms with Crippen molar-refractivity contribution in [2.24, 2.45) is 0 Å². The summed E-state index contributed by atoms with van der Waals surface area (Å²) >= 11 is 0. The number of rotatable bonds is 7. The molecule has 0 bridgehead atoms. The summed E-state index contributed by atoms with van der Waals surface area (Å²) in [5.74, 6) is -1.91. The Bertz CT molecular complexity index is 1140. The Labute approximate surface area is 183 Å². The van der Waals surface area contributed by atoms with E-state index in [9.17, 15) is 18.4 Å². The molecule has 3 aromatic rings. The van der Waals surface area contributed by atoms with Crippen LogP contribution in [0.5, 0.6) is 0 Å². The predicted molar refractivity (Wildman–Crippen MR) is 115 cm³/mol. The summed E-state index contributed by atoms with van der Waals surface area (Å²) in [5, 5.41) is 11.1. The second-order valence-corrected chi connectivity index (χ2v) is 7.44. The zero-order valence-electron chi connectivity index (χ0n) is 17.5. The topological polar surface area (TPSA) is 98.1 Å². The Morgan fingerprint density at radius 2 is 1.94 bits per heavy atom. The van der Waals surface area contributed by atoms with E-state index in [2.05, 4.69) is 20.7 Å². The van der Waals surface area contributed by atoms with Crippen LogP contribution in [0.3, 0.4) is 0 Å². The molecular weight excluding hydrogens is 420 g/mol. The first-order valence-corrected chi connectivity index (χ1v) is 10.4. The van der Waals surface area contributed by atoms with E-state index in [-0.39, 0.29) is 22.9 Å². The number of carbonyl (C=O) groups excluding carboxylic acids is 2. The molecule has 0 saturated carbocycles. The molecule has 1 saturated heterocycles. The average Bonchev–Trinajstić information content (AvgIpc) is 3.23. The van der Waals surface area contributed by atoms with Crippen molar-refractivity contribution in [3.8, 4) is 0 Å². The number of nitrogens with one attached hydrogen (secondary N) is 2. The number of fused-ring (bicyclic) bond motifs is 1. The third kappa shape index (κ3) is 4.31. The first-order chi connectivity index (χ1) is 15.5. The van der Waals surface area contributed by atoms with Gasteiger partial charge in [-0.25, -0.2) is 18.4 Å². The van der Waals surface area contributed by atoms with E-state index < -0.39 is 18.1 Å². The van der Waals surface area contributed by atoms with E-state index >= 15 is 0 Å². The molecule has 3 heterocycles. The molecule has 10 heteroatoms. The minimum Gasteiger partial charge on any atom is -0.381 e. The van der Waals surface area contributed by atoms with Gasteiger partial charge in [0.05, 0.1) is 28.5 Å². The number of alkyl halides is 2. The first-order valence-electron chi connectivity index (χ1n) is 10.4. The number of anilines is 2. The SMILES string of the molecule is CCn1ncc2c(NC3CCOCC3)c(C(=O)Nc3ccccc3C(=O)C(F)F)cnc21. The Hall–Kier alpha value is -3.40. The molecule has 0 spiro atoms. The lowest BCUT2D eigenvalue weighted by Crippen LogP contribution is -2.29. The number of para-hydroxylation sites is 1. The van der Waals surface area contributed by atoms with Crippen LogP contribution < -0.4 is 10.6 Å². The van der Waals surface area contributed by atoms with Crippen molar-refractivity contribution in [2.45, 2.75) is 38.8 Å². The number of nitrogens with zero attached hydrogens (tertiary/aromatic N) is 3. The summed E-state index contributed by atoms with van der Waals surface area (Å²) < 4.78 is 33.1. The summed E-state index contributed by atoms with van der Waals surface area (Å²) in [5.41, 5.74) is 1.20. The standard InChI is InChI=1S/C22H23F2N5O3/c1-2-29-21-15(12-26-29)18(27-13-7-9-32-10-8-13)16(11-25-21)22(31)28-17-6-4-3-5-14(17)19(30)20(23)24/h3-6,11-13,20H,2,7-10H2,1H3,(H,25,27)(H,28,31). The van der Waals surface area contributed by atoms with E-state index in [1.165, 1.54) is 24.4 Å². The average molecular weight is 443 g/mol. The quantitative estimate of drug-likeness (QED) is 0.540. The molecule has 0 unspecified atom stereocenters. The lowest BCUT2D eigenvalue weighted by atomic mass is 10.1. The normalized spacial score (nSPS) is 14.6. The number of pyridine rings is 1. The monoisotopic (exact) mass is 443 g/mol. The van der Waals surface area contributed by atoms with E-state index in [0.29, 0.717) is 36.5 Å². The fraction of sp³-hybridized carbons (Fsp3) is 0.364. The molecule has 32 heavy (non-hydrogen) atoms. The third-order valence-corrected chi connectivity index (χ3v) is 5.42. The van der Waals surface area contributed by atoms with Gasteiger partial charge >= 0.3 is 6.43 Å². The second-order valence-electron chi connectivity index (χ2n) is 7.44. The summed E-state index contributed by atoms with van der Waals surface area (Å²) in [7, 11) is 0. The fourth-order valence-corrected chi connectivity index (χ4v) is 3.75. The number of carbonyl (C=O) groups is 2. The van der Waals surface area contributed by atoms with E-state index in [4.69, 9.17) is 4.74 Å². The summed E-state index contributed by atoms with van der Waals surface area (Å²) in [6, 6.07) is 5.80. The number of ether oxygens (including phenoxy) is 1. The lowest BCUT2D eigenvalue weighted by molar-refractivity contribution is 0.0679. The highest BCUT2D eigenvalue weighted by Gasteiger charge is 2.25. The minimum atomic E-state index is -3.17. The van der Waals surface area contributed by atoms with Crippen molar-refractivity contribution < 1.29 is 23.1 Å². The van der Waals surface area contributed by atoms with Crippen LogP contribution in [-0.4, -0.2) is 52.1 Å². The second kappa shape index (κ2) is 9.39. The highest BCUT2D eigenvalue weighted by molar-refractivity contribution is 6.14. The van der Waals surface area contributed by atoms with Crippen LogP contribution in [-0.2, 0) is 11.3 Å². The van der Waals surface area contributed by atoms with Crippen molar-refractivity contribution in [2.75, 3.05) is 23.8 Å². The summed E-state index contributed by atoms with van der Waals surface area (Å²) in [6.45, 7) is 3.79. The lowest BCUT2D eigenvalue weighted by Gasteiger charge is -2.25. The number of benzene rings is 1. The van der Waals surface area contributed by atoms with Gasteiger partial charge in [-0.3, -0.25) is 9.59 Å². The molecule has 1 aromatic carbocycles. The van der Waals surface area contributed by atoms with E-state index in [1.807, 2.05) is 6.92 Å². The maximum atomic E-state index is 13.2. The van der Waals surface area contributed by atoms with Gasteiger partial charge in [0.2, 0.25) is 5.78 Å². The molecule has 2 aromatic heterocycles. The van der Waals surface area contributed by atoms with Gasteiger partial charge < -0.3 is 15.4 Å². The molecule has 8 nitrogen and oxygen atoms in total. The number of amides is 1. The molecule has 0 atom stereocenters. The van der Waals surface area contributed by atoms with Crippen LogP contribution in [0.4, 0.5) is 20.2 Å². The molecule has 168 valence electrons. The van der Waals surface area contributed by atoms with Crippen molar-refractivity contribution >= 4 is 34.1 Å². The molecule has 1 aliphatic rings. The van der Waals surface area contributed by atoms with Gasteiger partial charge in [-0.05, 0) is 31.9 Å². The molecule has 0 radical (unpaired) electrons. The number of ketones is 1. The maximum absolute atomic E-state index is 13.2. The van der Waals surface area contributed by atoms with Gasteiger partial charge in [-0.15, -0.1) is 0 Å². The number of aryl methyl sites for hydroxylation is 1. The molecule has 4 rings (SSSR count). The predicted octanol–water partition coefficient (Wildman–Crippen LogP) is 3.74. The third-order valence-electron chi connectivity index (χ3n) is 5.42. The zero-order valence-corrected chi connectivity index (χ0v) is 17.5. The largest absolute Gasteiger partial charge is 0.381 e. The Morgan fingerprint density at radius 1 is 1.19 bits per heavy atom. The number of aromatic nitrogens is 3. The van der Waals surface area contributed by atoms with E-state index in [1.54, 1.807) is 16.9 Å². The van der Waals surface area contributed by atoms with Crippen molar-refractivity contribution in [3.05, 3.63) is 47.8 Å². The fourth-order valence-electron chi connectivity index (χ4n) is 3.75. The van der Waals surface area contributed by atoms with Crippen LogP contribution in [0.1, 0.15) is 40.5 Å². The first kappa shape index (κ1) is 21.8. The van der Waals surface area contributed by atoms with Gasteiger partial charge in [-0.2, -0.15) is 5.10 Å². The summed E-state index contributed by atoms with van der Waals surface area (Å²) in [4.78, 5) is 29.5. The highest BCUT2D eigenvalue weighted by atomic mass is 19.3. The number of Topliss-reactive ketones (excluding diaryl/α,β-unsaturated/α-hetero) is 1. The molecular formula is C22H23F2N5O3. The summed E-state index contributed by atoms with van der Waals surface area (Å²) in [6.07, 6.45) is 1.47. The number of halogens is 2. The molecule has 1 amide bonds. The van der Waals surface area contributed by atoms with Crippen molar-refractivity contribution in [1.82, 2.24) is 14.8 Å². The highest BCUT2D eigenvalue weighted by Crippen LogP contribution is 2.29.